The molecule has 0 aliphatic heterocycles. The van der Waals surface area contributed by atoms with Gasteiger partial charge in [0.05, 0.1) is 7.11 Å². The lowest BCUT2D eigenvalue weighted by Gasteiger charge is -2.15. The maximum atomic E-state index is 13.5. The molecule has 3 rings (SSSR count). The van der Waals surface area contributed by atoms with Gasteiger partial charge in [-0.3, -0.25) is 0 Å². The van der Waals surface area contributed by atoms with Gasteiger partial charge in [0, 0.05) is 12.1 Å². The monoisotopic (exact) mass is 235 g/mol. The van der Waals surface area contributed by atoms with Crippen molar-refractivity contribution in [3.05, 3.63) is 29.6 Å². The predicted molar refractivity (Wildman–Crippen MR) is 64.5 cm³/mol. The summed E-state index contributed by atoms with van der Waals surface area (Å²) in [4.78, 5) is 0. The zero-order valence-corrected chi connectivity index (χ0v) is 10.1. The zero-order valence-electron chi connectivity index (χ0n) is 10.1. The summed E-state index contributed by atoms with van der Waals surface area (Å²) >= 11 is 0. The first-order valence-electron chi connectivity index (χ1n) is 6.31. The molecule has 1 N–H and O–H groups in total. The Morgan fingerprint density at radius 2 is 2.41 bits per heavy atom. The Bertz CT molecular complexity index is 434. The van der Waals surface area contributed by atoms with E-state index < -0.39 is 0 Å². The molecule has 0 bridgehead atoms. The van der Waals surface area contributed by atoms with Gasteiger partial charge in [0.25, 0.3) is 0 Å². The average Bonchev–Trinajstić information content (AvgIpc) is 2.89. The molecule has 1 aromatic rings. The van der Waals surface area contributed by atoms with Gasteiger partial charge in [0.15, 0.2) is 11.6 Å². The Balaban J connectivity index is 1.64. The molecule has 0 spiro atoms. The molecule has 2 saturated carbocycles. The highest BCUT2D eigenvalue weighted by molar-refractivity contribution is 5.29. The Morgan fingerprint density at radius 1 is 1.53 bits per heavy atom. The van der Waals surface area contributed by atoms with Gasteiger partial charge in [-0.25, -0.2) is 4.39 Å². The lowest BCUT2D eigenvalue weighted by molar-refractivity contribution is 0.385. The van der Waals surface area contributed by atoms with Crippen LogP contribution in [0.3, 0.4) is 0 Å². The van der Waals surface area contributed by atoms with Crippen molar-refractivity contribution in [3.63, 3.8) is 0 Å². The molecule has 2 aliphatic carbocycles. The van der Waals surface area contributed by atoms with E-state index in [0.29, 0.717) is 11.3 Å². The Morgan fingerprint density at radius 3 is 3.00 bits per heavy atom. The molecule has 0 heterocycles. The summed E-state index contributed by atoms with van der Waals surface area (Å²) in [6.45, 7) is 0.761. The SMILES string of the molecule is COc1ccc(CN[C@@]23CCC[C@@H]2C3)cc1F. The largest absolute Gasteiger partial charge is 0.494 e. The van der Waals surface area contributed by atoms with E-state index in [2.05, 4.69) is 5.32 Å². The first-order chi connectivity index (χ1) is 8.23. The molecular formula is C14H18FNO. The molecule has 17 heavy (non-hydrogen) atoms. The molecular weight excluding hydrogens is 217 g/mol. The second-order valence-electron chi connectivity index (χ2n) is 5.27. The molecule has 2 nitrogen and oxygen atoms in total. The van der Waals surface area contributed by atoms with Crippen molar-refractivity contribution < 1.29 is 9.13 Å². The van der Waals surface area contributed by atoms with E-state index in [1.807, 2.05) is 6.07 Å². The standard InChI is InChI=1S/C14H18FNO/c1-17-13-5-4-10(7-12(13)15)9-16-14-6-2-3-11(14)8-14/h4-5,7,11,16H,2-3,6,8-9H2,1H3/t11-,14-/m1/s1. The summed E-state index contributed by atoms with van der Waals surface area (Å²) in [5.74, 6) is 0.922. The highest BCUT2D eigenvalue weighted by atomic mass is 19.1. The summed E-state index contributed by atoms with van der Waals surface area (Å²) in [6, 6.07) is 5.19. The van der Waals surface area contributed by atoms with Crippen LogP contribution in [0.2, 0.25) is 0 Å². The van der Waals surface area contributed by atoms with Crippen LogP contribution in [0.5, 0.6) is 5.75 Å². The van der Waals surface area contributed by atoms with E-state index in [9.17, 15) is 4.39 Å². The van der Waals surface area contributed by atoms with Crippen molar-refractivity contribution in [1.82, 2.24) is 5.32 Å². The Labute approximate surface area is 101 Å². The Kier molecular flexibility index (Phi) is 2.58. The molecule has 0 aromatic heterocycles. The van der Waals surface area contributed by atoms with Crippen molar-refractivity contribution in [1.29, 1.82) is 0 Å². The highest BCUT2D eigenvalue weighted by Gasteiger charge is 2.56. The van der Waals surface area contributed by atoms with Crippen LogP contribution in [-0.4, -0.2) is 12.6 Å². The number of methoxy groups -OCH3 is 1. The van der Waals surface area contributed by atoms with Gasteiger partial charge >= 0.3 is 0 Å². The van der Waals surface area contributed by atoms with Crippen molar-refractivity contribution in [2.75, 3.05) is 7.11 Å². The number of benzene rings is 1. The number of halogens is 1. The number of hydrogen-bond acceptors (Lipinski definition) is 2. The lowest BCUT2D eigenvalue weighted by Crippen LogP contribution is -2.30. The van der Waals surface area contributed by atoms with Crippen molar-refractivity contribution in [3.8, 4) is 5.75 Å². The first-order valence-corrected chi connectivity index (χ1v) is 6.31. The maximum Gasteiger partial charge on any atom is 0.165 e. The third kappa shape index (κ3) is 1.93. The average molecular weight is 235 g/mol. The number of rotatable bonds is 4. The van der Waals surface area contributed by atoms with Crippen LogP contribution < -0.4 is 10.1 Å². The van der Waals surface area contributed by atoms with Crippen LogP contribution in [0.25, 0.3) is 0 Å². The minimum atomic E-state index is -0.275. The maximum absolute atomic E-state index is 13.5. The lowest BCUT2D eigenvalue weighted by atomic mass is 10.1. The summed E-state index contributed by atoms with van der Waals surface area (Å²) < 4.78 is 18.4. The minimum Gasteiger partial charge on any atom is -0.494 e. The number of fused-ring (bicyclic) bond motifs is 1. The van der Waals surface area contributed by atoms with E-state index in [-0.39, 0.29) is 5.82 Å². The second-order valence-corrected chi connectivity index (χ2v) is 5.27. The fourth-order valence-electron chi connectivity index (χ4n) is 3.13. The van der Waals surface area contributed by atoms with Gasteiger partial charge in [-0.1, -0.05) is 12.5 Å². The van der Waals surface area contributed by atoms with E-state index in [1.54, 1.807) is 12.1 Å². The second kappa shape index (κ2) is 3.98. The van der Waals surface area contributed by atoms with Crippen LogP contribution in [0.1, 0.15) is 31.2 Å². The minimum absolute atomic E-state index is 0.275. The third-order valence-electron chi connectivity index (χ3n) is 4.27. The zero-order chi connectivity index (χ0) is 11.9. The van der Waals surface area contributed by atoms with E-state index in [0.717, 1.165) is 18.0 Å². The van der Waals surface area contributed by atoms with Crippen molar-refractivity contribution in [2.45, 2.75) is 37.8 Å². The molecule has 2 atom stereocenters. The molecule has 0 unspecified atom stereocenters. The predicted octanol–water partition coefficient (Wildman–Crippen LogP) is 2.87. The molecule has 0 saturated heterocycles. The van der Waals surface area contributed by atoms with Crippen LogP contribution in [-0.2, 0) is 6.54 Å². The Hall–Kier alpha value is -1.09. The van der Waals surface area contributed by atoms with Crippen molar-refractivity contribution >= 4 is 0 Å². The normalized spacial score (nSPS) is 30.1. The molecule has 2 aliphatic rings. The van der Waals surface area contributed by atoms with Crippen LogP contribution >= 0.6 is 0 Å². The van der Waals surface area contributed by atoms with E-state index >= 15 is 0 Å². The van der Waals surface area contributed by atoms with Gasteiger partial charge in [-0.05, 0) is 42.9 Å². The highest BCUT2D eigenvalue weighted by Crippen LogP contribution is 2.55. The molecule has 1 aromatic carbocycles. The smallest absolute Gasteiger partial charge is 0.165 e. The summed E-state index contributed by atoms with van der Waals surface area (Å²) in [6.07, 6.45) is 5.31. The number of nitrogens with one attached hydrogen (secondary N) is 1. The first kappa shape index (κ1) is 11.0. The number of ether oxygens (including phenoxy) is 1. The van der Waals surface area contributed by atoms with Gasteiger partial charge < -0.3 is 10.1 Å². The summed E-state index contributed by atoms with van der Waals surface area (Å²) in [5.41, 5.74) is 1.39. The fourth-order valence-corrected chi connectivity index (χ4v) is 3.13. The molecule has 0 radical (unpaired) electrons. The van der Waals surface area contributed by atoms with Gasteiger partial charge in [-0.2, -0.15) is 0 Å². The van der Waals surface area contributed by atoms with Crippen LogP contribution in [0.15, 0.2) is 18.2 Å². The molecule has 0 amide bonds. The summed E-state index contributed by atoms with van der Waals surface area (Å²) in [5, 5.41) is 3.61. The van der Waals surface area contributed by atoms with E-state index in [1.165, 1.54) is 32.8 Å². The molecule has 3 heteroatoms. The van der Waals surface area contributed by atoms with Gasteiger partial charge in [0.1, 0.15) is 0 Å². The molecule has 2 fully saturated rings. The third-order valence-corrected chi connectivity index (χ3v) is 4.27. The number of hydrogen-bond donors (Lipinski definition) is 1. The topological polar surface area (TPSA) is 21.3 Å². The fraction of sp³-hybridized carbons (Fsp3) is 0.571. The van der Waals surface area contributed by atoms with E-state index in [4.69, 9.17) is 4.74 Å². The summed E-state index contributed by atoms with van der Waals surface area (Å²) in [7, 11) is 1.49. The quantitative estimate of drug-likeness (QED) is 0.866. The van der Waals surface area contributed by atoms with Crippen LogP contribution in [0, 0.1) is 11.7 Å². The molecule has 92 valence electrons. The van der Waals surface area contributed by atoms with Crippen LogP contribution in [0.4, 0.5) is 4.39 Å². The van der Waals surface area contributed by atoms with Gasteiger partial charge in [0.2, 0.25) is 0 Å². The van der Waals surface area contributed by atoms with Gasteiger partial charge in [-0.15, -0.1) is 0 Å². The van der Waals surface area contributed by atoms with Crippen molar-refractivity contribution in [2.24, 2.45) is 5.92 Å².